The first kappa shape index (κ1) is 15.0. The minimum absolute atomic E-state index is 0.503. The lowest BCUT2D eigenvalue weighted by molar-refractivity contribution is 0.564. The van der Waals surface area contributed by atoms with Crippen LogP contribution in [0, 0.1) is 0 Å². The first-order valence-corrected chi connectivity index (χ1v) is 8.57. The molecule has 0 N–H and O–H groups in total. The highest BCUT2D eigenvalue weighted by Crippen LogP contribution is 2.27. The molecule has 0 unspecified atom stereocenters. The Bertz CT molecular complexity index is 532. The minimum atomic E-state index is 0.503. The second-order valence-electron chi connectivity index (χ2n) is 3.86. The predicted molar refractivity (Wildman–Crippen MR) is 89.6 cm³/mol. The van der Waals surface area contributed by atoms with Gasteiger partial charge in [-0.05, 0) is 24.5 Å². The van der Waals surface area contributed by atoms with E-state index in [1.54, 1.807) is 23.9 Å². The molecule has 19 heavy (non-hydrogen) atoms. The summed E-state index contributed by atoms with van der Waals surface area (Å²) < 4.78 is 0. The van der Waals surface area contributed by atoms with Crippen LogP contribution in [0.2, 0.25) is 10.0 Å². The van der Waals surface area contributed by atoms with Gasteiger partial charge in [0.2, 0.25) is 0 Å². The van der Waals surface area contributed by atoms with Crippen LogP contribution < -0.4 is 0 Å². The molecule has 1 fully saturated rings. The topological polar surface area (TPSA) is 28.0 Å². The maximum atomic E-state index is 5.98. The average Bonchev–Trinajstić information content (AvgIpc) is 2.78. The molecule has 7 heteroatoms. The Labute approximate surface area is 131 Å². The molecule has 1 aromatic carbocycles. The fourth-order valence-corrected chi connectivity index (χ4v) is 3.20. The second kappa shape index (κ2) is 6.88. The van der Waals surface area contributed by atoms with Crippen LogP contribution in [0.4, 0.5) is 5.69 Å². The normalized spacial score (nSPS) is 18.4. The van der Waals surface area contributed by atoms with Crippen molar-refractivity contribution in [2.75, 3.05) is 25.6 Å². The molecule has 0 bridgehead atoms. The Hall–Kier alpha value is -0.360. The second-order valence-corrected chi connectivity index (χ2v) is 6.51. The molecule has 1 saturated heterocycles. The van der Waals surface area contributed by atoms with Gasteiger partial charge in [0.1, 0.15) is 0 Å². The van der Waals surface area contributed by atoms with E-state index in [4.69, 9.17) is 23.2 Å². The van der Waals surface area contributed by atoms with Crippen LogP contribution in [0.5, 0.6) is 0 Å². The van der Waals surface area contributed by atoms with E-state index in [9.17, 15) is 0 Å². The Morgan fingerprint density at radius 1 is 1.37 bits per heavy atom. The number of benzene rings is 1. The molecule has 1 heterocycles. The van der Waals surface area contributed by atoms with Gasteiger partial charge < -0.3 is 4.90 Å². The van der Waals surface area contributed by atoms with Gasteiger partial charge in [0.25, 0.3) is 0 Å². The first-order valence-electron chi connectivity index (χ1n) is 5.60. The van der Waals surface area contributed by atoms with Gasteiger partial charge in [-0.3, -0.25) is 0 Å². The van der Waals surface area contributed by atoms with Gasteiger partial charge in [-0.2, -0.15) is 4.99 Å². The minimum Gasteiger partial charge on any atom is -0.353 e. The third-order valence-corrected chi connectivity index (χ3v) is 4.82. The van der Waals surface area contributed by atoms with Gasteiger partial charge >= 0.3 is 0 Å². The molecule has 0 spiro atoms. The molecule has 0 saturated carbocycles. The summed E-state index contributed by atoms with van der Waals surface area (Å²) in [6.45, 7) is 1.03. The SMILES string of the molecule is CSC(=Nc1ccc(Cl)c(Cl)c1)N=C1SCCN1C. The van der Waals surface area contributed by atoms with Crippen molar-refractivity contribution in [3.8, 4) is 0 Å². The van der Waals surface area contributed by atoms with Gasteiger partial charge in [0.05, 0.1) is 15.7 Å². The predicted octanol–water partition coefficient (Wildman–Crippen LogP) is 4.38. The van der Waals surface area contributed by atoms with E-state index >= 15 is 0 Å². The molecule has 1 aliphatic rings. The number of hydrogen-bond acceptors (Lipinski definition) is 3. The molecule has 0 amide bonds. The van der Waals surface area contributed by atoms with Crippen molar-refractivity contribution in [3.63, 3.8) is 0 Å². The molecule has 102 valence electrons. The van der Waals surface area contributed by atoms with E-state index < -0.39 is 0 Å². The van der Waals surface area contributed by atoms with Crippen molar-refractivity contribution in [1.29, 1.82) is 0 Å². The van der Waals surface area contributed by atoms with Gasteiger partial charge in [-0.15, -0.1) is 0 Å². The van der Waals surface area contributed by atoms with Crippen molar-refractivity contribution in [2.45, 2.75) is 0 Å². The van der Waals surface area contributed by atoms with E-state index in [1.807, 2.05) is 19.4 Å². The highest BCUT2D eigenvalue weighted by Gasteiger charge is 2.15. The van der Waals surface area contributed by atoms with Crippen LogP contribution in [0.3, 0.4) is 0 Å². The molecule has 2 rings (SSSR count). The van der Waals surface area contributed by atoms with Crippen LogP contribution in [-0.4, -0.2) is 40.8 Å². The molecular weight excluding hydrogens is 321 g/mol. The Morgan fingerprint density at radius 2 is 2.16 bits per heavy atom. The first-order chi connectivity index (χ1) is 9.10. The summed E-state index contributed by atoms with van der Waals surface area (Å²) in [6, 6.07) is 5.31. The number of amidine groups is 2. The fourth-order valence-electron chi connectivity index (χ4n) is 1.46. The molecule has 0 aliphatic carbocycles. The van der Waals surface area contributed by atoms with Crippen molar-refractivity contribution in [3.05, 3.63) is 28.2 Å². The number of halogens is 2. The standard InChI is InChI=1S/C12H13Cl2N3S2/c1-17-5-6-19-12(17)16-11(18-2)15-8-3-4-9(13)10(14)7-8/h3-4,7H,5-6H2,1-2H3. The Kier molecular flexibility index (Phi) is 5.45. The summed E-state index contributed by atoms with van der Waals surface area (Å²) in [4.78, 5) is 11.2. The van der Waals surface area contributed by atoms with E-state index in [0.717, 1.165) is 28.3 Å². The van der Waals surface area contributed by atoms with Gasteiger partial charge in [0.15, 0.2) is 10.3 Å². The third-order valence-electron chi connectivity index (χ3n) is 2.49. The Morgan fingerprint density at radius 3 is 2.74 bits per heavy atom. The number of aliphatic imine (C=N–C) groups is 2. The van der Waals surface area contributed by atoms with Crippen molar-refractivity contribution in [1.82, 2.24) is 4.90 Å². The van der Waals surface area contributed by atoms with E-state index in [0.29, 0.717) is 10.0 Å². The zero-order valence-corrected chi connectivity index (χ0v) is 13.7. The van der Waals surface area contributed by atoms with Crippen molar-refractivity contribution >= 4 is 62.7 Å². The van der Waals surface area contributed by atoms with E-state index in [1.165, 1.54) is 11.8 Å². The van der Waals surface area contributed by atoms with Crippen LogP contribution in [0.25, 0.3) is 0 Å². The summed E-state index contributed by atoms with van der Waals surface area (Å²) >= 11 is 15.1. The molecule has 0 aromatic heterocycles. The van der Waals surface area contributed by atoms with Crippen LogP contribution in [0.1, 0.15) is 0 Å². The lowest BCUT2D eigenvalue weighted by Crippen LogP contribution is -2.19. The van der Waals surface area contributed by atoms with Crippen molar-refractivity contribution < 1.29 is 0 Å². The number of rotatable bonds is 1. The number of thioether (sulfide) groups is 2. The highest BCUT2D eigenvalue weighted by atomic mass is 35.5. The summed E-state index contributed by atoms with van der Waals surface area (Å²) in [7, 11) is 2.04. The molecule has 1 aliphatic heterocycles. The van der Waals surface area contributed by atoms with E-state index in [2.05, 4.69) is 14.9 Å². The Balaban J connectivity index is 2.25. The molecule has 0 atom stereocenters. The number of hydrogen-bond donors (Lipinski definition) is 0. The van der Waals surface area contributed by atoms with Gasteiger partial charge in [-0.1, -0.05) is 46.7 Å². The third kappa shape index (κ3) is 4.05. The van der Waals surface area contributed by atoms with Gasteiger partial charge in [0, 0.05) is 19.3 Å². The van der Waals surface area contributed by atoms with Gasteiger partial charge in [-0.25, -0.2) is 4.99 Å². The zero-order valence-electron chi connectivity index (χ0n) is 10.6. The lowest BCUT2D eigenvalue weighted by atomic mass is 10.3. The van der Waals surface area contributed by atoms with Crippen LogP contribution >= 0.6 is 46.7 Å². The zero-order chi connectivity index (χ0) is 13.8. The molecule has 3 nitrogen and oxygen atoms in total. The van der Waals surface area contributed by atoms with Crippen LogP contribution in [0.15, 0.2) is 28.2 Å². The summed E-state index contributed by atoms with van der Waals surface area (Å²) in [5, 5.41) is 2.76. The average molecular weight is 334 g/mol. The van der Waals surface area contributed by atoms with Crippen LogP contribution in [-0.2, 0) is 0 Å². The lowest BCUT2D eigenvalue weighted by Gasteiger charge is -2.09. The largest absolute Gasteiger partial charge is 0.353 e. The monoisotopic (exact) mass is 333 g/mol. The van der Waals surface area contributed by atoms with Crippen molar-refractivity contribution in [2.24, 2.45) is 9.98 Å². The molecular formula is C12H13Cl2N3S2. The molecule has 0 radical (unpaired) electrons. The summed E-state index contributed by atoms with van der Waals surface area (Å²) in [5.74, 6) is 1.07. The summed E-state index contributed by atoms with van der Waals surface area (Å²) in [5.41, 5.74) is 0.758. The van der Waals surface area contributed by atoms with E-state index in [-0.39, 0.29) is 0 Å². The smallest absolute Gasteiger partial charge is 0.190 e. The quantitative estimate of drug-likeness (QED) is 0.564. The maximum Gasteiger partial charge on any atom is 0.190 e. The molecule has 1 aromatic rings. The maximum absolute atomic E-state index is 5.98. The highest BCUT2D eigenvalue weighted by molar-refractivity contribution is 8.15. The number of nitrogens with zero attached hydrogens (tertiary/aromatic N) is 3. The fraction of sp³-hybridized carbons (Fsp3) is 0.333. The summed E-state index contributed by atoms with van der Waals surface area (Å²) in [6.07, 6.45) is 1.96.